The number of carbonyl (C=O) groups excluding carboxylic acids is 1. The third-order valence-electron chi connectivity index (χ3n) is 4.23. The van der Waals surface area contributed by atoms with Crippen molar-refractivity contribution in [1.29, 1.82) is 0 Å². The van der Waals surface area contributed by atoms with Gasteiger partial charge in [0.2, 0.25) is 11.8 Å². The summed E-state index contributed by atoms with van der Waals surface area (Å²) < 4.78 is 7.60. The Morgan fingerprint density at radius 3 is 2.67 bits per heavy atom. The zero-order chi connectivity index (χ0) is 18.8. The van der Waals surface area contributed by atoms with Crippen LogP contribution >= 0.6 is 11.6 Å². The molecule has 2 aromatic carbocycles. The van der Waals surface area contributed by atoms with Crippen LogP contribution in [0.3, 0.4) is 0 Å². The zero-order valence-corrected chi connectivity index (χ0v) is 15.4. The summed E-state index contributed by atoms with van der Waals surface area (Å²) in [6, 6.07) is 16.8. The van der Waals surface area contributed by atoms with E-state index in [4.69, 9.17) is 16.0 Å². The normalized spacial score (nSPS) is 11.0. The van der Waals surface area contributed by atoms with E-state index in [1.165, 1.54) is 0 Å². The van der Waals surface area contributed by atoms with Crippen molar-refractivity contribution in [3.8, 4) is 11.6 Å². The number of nitrogens with zero attached hydrogens (tertiary/aromatic N) is 3. The second-order valence-corrected chi connectivity index (χ2v) is 6.52. The van der Waals surface area contributed by atoms with Crippen molar-refractivity contribution >= 4 is 34.1 Å². The summed E-state index contributed by atoms with van der Waals surface area (Å²) in [4.78, 5) is 12.6. The number of fused-ring (bicyclic) bond motifs is 1. The molecule has 6 nitrogen and oxygen atoms in total. The smallest absolute Gasteiger partial charge is 0.264 e. The first-order chi connectivity index (χ1) is 13.1. The van der Waals surface area contributed by atoms with Gasteiger partial charge in [-0.2, -0.15) is 0 Å². The maximum absolute atomic E-state index is 12.6. The van der Waals surface area contributed by atoms with E-state index in [-0.39, 0.29) is 12.5 Å². The summed E-state index contributed by atoms with van der Waals surface area (Å²) in [5.41, 5.74) is 2.33. The molecular weight excluding hydrogens is 364 g/mol. The predicted octanol–water partition coefficient (Wildman–Crippen LogP) is 4.55. The molecule has 0 aliphatic carbocycles. The van der Waals surface area contributed by atoms with Crippen molar-refractivity contribution in [2.45, 2.75) is 19.9 Å². The number of benzene rings is 2. The van der Waals surface area contributed by atoms with E-state index in [1.807, 2.05) is 41.8 Å². The average Bonchev–Trinajstić information content (AvgIpc) is 3.28. The molecule has 136 valence electrons. The van der Waals surface area contributed by atoms with Crippen molar-refractivity contribution in [2.24, 2.45) is 0 Å². The minimum absolute atomic E-state index is 0.120. The van der Waals surface area contributed by atoms with Crippen LogP contribution in [0.4, 0.5) is 5.69 Å². The van der Waals surface area contributed by atoms with Crippen LogP contribution in [0.1, 0.15) is 12.8 Å². The molecule has 0 saturated carbocycles. The molecule has 0 fully saturated rings. The van der Waals surface area contributed by atoms with E-state index >= 15 is 0 Å². The minimum atomic E-state index is -0.157. The standard InChI is InChI=1S/C20H17ClN4O2/c1-2-19-23-24-20(27-19)17-11-13-5-3-4-6-16(13)25(17)12-18(26)22-15-9-7-14(21)8-10-15/h3-11H,2,12H2,1H3,(H,22,26). The van der Waals surface area contributed by atoms with Gasteiger partial charge in [0.1, 0.15) is 12.2 Å². The first kappa shape index (κ1) is 17.3. The minimum Gasteiger partial charge on any atom is -0.419 e. The number of halogens is 1. The van der Waals surface area contributed by atoms with Crippen LogP contribution in [0.25, 0.3) is 22.5 Å². The zero-order valence-electron chi connectivity index (χ0n) is 14.6. The molecule has 4 rings (SSSR count). The number of nitrogens with one attached hydrogen (secondary N) is 1. The van der Waals surface area contributed by atoms with Crippen LogP contribution in [0.5, 0.6) is 0 Å². The maximum atomic E-state index is 12.6. The van der Waals surface area contributed by atoms with Crippen molar-refractivity contribution in [3.63, 3.8) is 0 Å². The highest BCUT2D eigenvalue weighted by molar-refractivity contribution is 6.30. The Morgan fingerprint density at radius 1 is 1.15 bits per heavy atom. The molecule has 0 unspecified atom stereocenters. The quantitative estimate of drug-likeness (QED) is 0.551. The average molecular weight is 381 g/mol. The van der Waals surface area contributed by atoms with Crippen LogP contribution in [0.15, 0.2) is 59.0 Å². The molecule has 0 radical (unpaired) electrons. The second-order valence-electron chi connectivity index (χ2n) is 6.08. The summed E-state index contributed by atoms with van der Waals surface area (Å²) in [5.74, 6) is 0.810. The summed E-state index contributed by atoms with van der Waals surface area (Å²) in [6.07, 6.45) is 0.657. The molecule has 0 atom stereocenters. The van der Waals surface area contributed by atoms with Gasteiger partial charge in [-0.1, -0.05) is 36.7 Å². The molecule has 4 aromatic rings. The third-order valence-corrected chi connectivity index (χ3v) is 4.48. The largest absolute Gasteiger partial charge is 0.419 e. The van der Waals surface area contributed by atoms with Gasteiger partial charge < -0.3 is 14.3 Å². The highest BCUT2D eigenvalue weighted by Gasteiger charge is 2.18. The third kappa shape index (κ3) is 3.57. The van der Waals surface area contributed by atoms with E-state index < -0.39 is 0 Å². The van der Waals surface area contributed by atoms with Crippen LogP contribution in [-0.2, 0) is 17.8 Å². The van der Waals surface area contributed by atoms with Crippen LogP contribution in [0.2, 0.25) is 5.02 Å². The molecule has 1 N–H and O–H groups in total. The molecule has 0 saturated heterocycles. The van der Waals surface area contributed by atoms with E-state index in [1.54, 1.807) is 24.3 Å². The van der Waals surface area contributed by atoms with Gasteiger partial charge in [-0.15, -0.1) is 10.2 Å². The Bertz CT molecular complexity index is 1100. The van der Waals surface area contributed by atoms with E-state index in [0.29, 0.717) is 28.9 Å². The SMILES string of the molecule is CCc1nnc(-c2cc3ccccc3n2CC(=O)Nc2ccc(Cl)cc2)o1. The Kier molecular flexibility index (Phi) is 4.64. The lowest BCUT2D eigenvalue weighted by Gasteiger charge is -2.10. The fourth-order valence-electron chi connectivity index (χ4n) is 2.94. The van der Waals surface area contributed by atoms with Gasteiger partial charge in [-0.3, -0.25) is 4.79 Å². The van der Waals surface area contributed by atoms with Crippen molar-refractivity contribution in [1.82, 2.24) is 14.8 Å². The first-order valence-electron chi connectivity index (χ1n) is 8.60. The lowest BCUT2D eigenvalue weighted by atomic mass is 10.2. The summed E-state index contributed by atoms with van der Waals surface area (Å²) in [5, 5.41) is 12.7. The van der Waals surface area contributed by atoms with Crippen LogP contribution in [-0.4, -0.2) is 20.7 Å². The molecule has 0 spiro atoms. The monoisotopic (exact) mass is 380 g/mol. The topological polar surface area (TPSA) is 73.0 Å². The number of aryl methyl sites for hydroxylation is 1. The Balaban J connectivity index is 1.68. The number of hydrogen-bond donors (Lipinski definition) is 1. The van der Waals surface area contributed by atoms with Gasteiger partial charge in [-0.05, 0) is 36.4 Å². The maximum Gasteiger partial charge on any atom is 0.264 e. The number of anilines is 1. The van der Waals surface area contributed by atoms with Crippen molar-refractivity contribution < 1.29 is 9.21 Å². The van der Waals surface area contributed by atoms with Crippen molar-refractivity contribution in [3.05, 3.63) is 65.5 Å². The van der Waals surface area contributed by atoms with E-state index in [2.05, 4.69) is 15.5 Å². The van der Waals surface area contributed by atoms with Crippen LogP contribution < -0.4 is 5.32 Å². The molecule has 27 heavy (non-hydrogen) atoms. The molecule has 0 aliphatic rings. The first-order valence-corrected chi connectivity index (χ1v) is 8.98. The number of aromatic nitrogens is 3. The van der Waals surface area contributed by atoms with Gasteiger partial charge in [0.15, 0.2) is 0 Å². The summed E-state index contributed by atoms with van der Waals surface area (Å²) >= 11 is 5.89. The summed E-state index contributed by atoms with van der Waals surface area (Å²) in [6.45, 7) is 2.07. The van der Waals surface area contributed by atoms with Crippen LogP contribution in [0, 0.1) is 0 Å². The lowest BCUT2D eigenvalue weighted by Crippen LogP contribution is -2.19. The van der Waals surface area contributed by atoms with Gasteiger partial charge in [-0.25, -0.2) is 0 Å². The fourth-order valence-corrected chi connectivity index (χ4v) is 3.06. The molecule has 1 amide bonds. The molecule has 2 heterocycles. The molecular formula is C20H17ClN4O2. The molecule has 0 bridgehead atoms. The Labute approximate surface area is 160 Å². The number of para-hydroxylation sites is 1. The van der Waals surface area contributed by atoms with E-state index in [9.17, 15) is 4.79 Å². The van der Waals surface area contributed by atoms with E-state index in [0.717, 1.165) is 16.6 Å². The molecule has 0 aliphatic heterocycles. The highest BCUT2D eigenvalue weighted by atomic mass is 35.5. The number of rotatable bonds is 5. The number of hydrogen-bond acceptors (Lipinski definition) is 4. The predicted molar refractivity (Wildman–Crippen MR) is 105 cm³/mol. The highest BCUT2D eigenvalue weighted by Crippen LogP contribution is 2.27. The van der Waals surface area contributed by atoms with Gasteiger partial charge in [0.05, 0.1) is 0 Å². The van der Waals surface area contributed by atoms with Crippen molar-refractivity contribution in [2.75, 3.05) is 5.32 Å². The van der Waals surface area contributed by atoms with Gasteiger partial charge in [0.25, 0.3) is 5.89 Å². The Morgan fingerprint density at radius 2 is 1.93 bits per heavy atom. The van der Waals surface area contributed by atoms with Gasteiger partial charge in [0, 0.05) is 28.0 Å². The fraction of sp³-hybridized carbons (Fsp3) is 0.150. The number of amides is 1. The van der Waals surface area contributed by atoms with Gasteiger partial charge >= 0.3 is 0 Å². The Hall–Kier alpha value is -3.12. The number of carbonyl (C=O) groups is 1. The second kappa shape index (κ2) is 7.25. The summed E-state index contributed by atoms with van der Waals surface area (Å²) in [7, 11) is 0. The lowest BCUT2D eigenvalue weighted by molar-refractivity contribution is -0.116. The molecule has 2 aromatic heterocycles. The molecule has 7 heteroatoms.